The summed E-state index contributed by atoms with van der Waals surface area (Å²) in [5.74, 6) is -0.755. The van der Waals surface area contributed by atoms with Crippen LogP contribution in [0.25, 0.3) is 10.1 Å². The molecule has 0 unspecified atom stereocenters. The molecule has 0 bridgehead atoms. The maximum absolute atomic E-state index is 13.1. The third-order valence-electron chi connectivity index (χ3n) is 3.01. The zero-order valence-electron chi connectivity index (χ0n) is 10.4. The van der Waals surface area contributed by atoms with Crippen molar-refractivity contribution in [3.63, 3.8) is 0 Å². The van der Waals surface area contributed by atoms with E-state index < -0.39 is 0 Å². The molecule has 20 heavy (non-hydrogen) atoms. The van der Waals surface area contributed by atoms with Crippen LogP contribution in [-0.4, -0.2) is 5.78 Å². The fourth-order valence-electron chi connectivity index (χ4n) is 2.06. The van der Waals surface area contributed by atoms with Gasteiger partial charge in [-0.05, 0) is 41.3 Å². The Kier molecular flexibility index (Phi) is 3.32. The predicted molar refractivity (Wildman–Crippen MR) is 76.2 cm³/mol. The Morgan fingerprint density at radius 2 is 1.80 bits per heavy atom. The lowest BCUT2D eigenvalue weighted by molar-refractivity contribution is 0.0997. The molecular formula is C16H10F2OS. The van der Waals surface area contributed by atoms with Crippen molar-refractivity contribution in [1.29, 1.82) is 0 Å². The number of hydrogen-bond acceptors (Lipinski definition) is 2. The number of rotatable bonds is 3. The van der Waals surface area contributed by atoms with E-state index in [-0.39, 0.29) is 23.8 Å². The summed E-state index contributed by atoms with van der Waals surface area (Å²) < 4.78 is 26.9. The molecule has 2 aromatic carbocycles. The molecule has 0 aliphatic carbocycles. The third-order valence-corrected chi connectivity index (χ3v) is 4.15. The summed E-state index contributed by atoms with van der Waals surface area (Å²) in [4.78, 5) is 12.7. The minimum absolute atomic E-state index is 0.0859. The average molecular weight is 288 g/mol. The van der Waals surface area contributed by atoms with Crippen LogP contribution < -0.4 is 0 Å². The van der Waals surface area contributed by atoms with Gasteiger partial charge in [0.05, 0.1) is 4.88 Å². The van der Waals surface area contributed by atoms with Crippen LogP contribution in [0.5, 0.6) is 0 Å². The first kappa shape index (κ1) is 12.9. The van der Waals surface area contributed by atoms with Crippen molar-refractivity contribution in [2.75, 3.05) is 0 Å². The Morgan fingerprint density at radius 3 is 2.60 bits per heavy atom. The molecule has 0 fully saturated rings. The highest BCUT2D eigenvalue weighted by atomic mass is 32.1. The lowest BCUT2D eigenvalue weighted by Gasteiger charge is -1.99. The molecule has 0 aliphatic rings. The van der Waals surface area contributed by atoms with Gasteiger partial charge in [-0.1, -0.05) is 18.2 Å². The largest absolute Gasteiger partial charge is 0.293 e. The Hall–Kier alpha value is -2.07. The first-order valence-electron chi connectivity index (χ1n) is 6.08. The molecule has 100 valence electrons. The summed E-state index contributed by atoms with van der Waals surface area (Å²) >= 11 is 1.26. The van der Waals surface area contributed by atoms with E-state index >= 15 is 0 Å². The first-order valence-corrected chi connectivity index (χ1v) is 6.90. The van der Waals surface area contributed by atoms with Gasteiger partial charge in [0.2, 0.25) is 0 Å². The molecule has 0 aliphatic heterocycles. The summed E-state index contributed by atoms with van der Waals surface area (Å²) in [6, 6.07) is 12.2. The van der Waals surface area contributed by atoms with Gasteiger partial charge in [0.1, 0.15) is 11.6 Å². The predicted octanol–water partition coefficient (Wildman–Crippen LogP) is 4.60. The Balaban J connectivity index is 1.88. The summed E-state index contributed by atoms with van der Waals surface area (Å²) in [6.45, 7) is 0. The van der Waals surface area contributed by atoms with Crippen LogP contribution >= 0.6 is 11.3 Å². The third kappa shape index (κ3) is 2.60. The van der Waals surface area contributed by atoms with E-state index in [0.29, 0.717) is 10.4 Å². The average Bonchev–Trinajstić information content (AvgIpc) is 2.81. The highest BCUT2D eigenvalue weighted by molar-refractivity contribution is 7.20. The second-order valence-corrected chi connectivity index (χ2v) is 5.61. The van der Waals surface area contributed by atoms with Crippen molar-refractivity contribution in [2.45, 2.75) is 6.42 Å². The van der Waals surface area contributed by atoms with Gasteiger partial charge in [0, 0.05) is 11.1 Å². The lowest BCUT2D eigenvalue weighted by atomic mass is 10.1. The number of halogens is 2. The van der Waals surface area contributed by atoms with E-state index in [1.54, 1.807) is 24.3 Å². The van der Waals surface area contributed by atoms with E-state index in [2.05, 4.69) is 0 Å². The fourth-order valence-corrected chi connectivity index (χ4v) is 3.09. The second kappa shape index (κ2) is 5.13. The summed E-state index contributed by atoms with van der Waals surface area (Å²) in [7, 11) is 0. The van der Waals surface area contributed by atoms with Gasteiger partial charge in [-0.3, -0.25) is 4.79 Å². The lowest BCUT2D eigenvalue weighted by Crippen LogP contribution is -2.01. The number of ketones is 1. The van der Waals surface area contributed by atoms with Crippen molar-refractivity contribution in [1.82, 2.24) is 0 Å². The molecule has 0 saturated carbocycles. The van der Waals surface area contributed by atoms with Crippen LogP contribution in [0, 0.1) is 11.6 Å². The number of carbonyl (C=O) groups excluding carboxylic acids is 1. The van der Waals surface area contributed by atoms with E-state index in [1.807, 2.05) is 0 Å². The van der Waals surface area contributed by atoms with E-state index in [0.717, 1.165) is 10.1 Å². The minimum atomic E-state index is -0.353. The summed E-state index contributed by atoms with van der Waals surface area (Å²) in [6.07, 6.45) is 0.146. The normalized spacial score (nSPS) is 10.9. The zero-order chi connectivity index (χ0) is 14.1. The van der Waals surface area contributed by atoms with Gasteiger partial charge >= 0.3 is 0 Å². The number of benzene rings is 2. The minimum Gasteiger partial charge on any atom is -0.293 e. The van der Waals surface area contributed by atoms with E-state index in [4.69, 9.17) is 0 Å². The highest BCUT2D eigenvalue weighted by Crippen LogP contribution is 2.27. The van der Waals surface area contributed by atoms with Crippen LogP contribution in [0.15, 0.2) is 48.5 Å². The molecule has 0 spiro atoms. The van der Waals surface area contributed by atoms with E-state index in [1.165, 1.54) is 35.6 Å². The topological polar surface area (TPSA) is 17.1 Å². The quantitative estimate of drug-likeness (QED) is 0.643. The summed E-state index contributed by atoms with van der Waals surface area (Å²) in [5.41, 5.74) is 0.638. The first-order chi connectivity index (χ1) is 9.61. The maximum atomic E-state index is 13.1. The molecular weight excluding hydrogens is 278 g/mol. The number of fused-ring (bicyclic) bond motifs is 1. The molecule has 0 N–H and O–H groups in total. The highest BCUT2D eigenvalue weighted by Gasteiger charge is 2.12. The smallest absolute Gasteiger partial charge is 0.177 e. The monoisotopic (exact) mass is 288 g/mol. The number of hydrogen-bond donors (Lipinski definition) is 0. The van der Waals surface area contributed by atoms with Gasteiger partial charge in [0.25, 0.3) is 0 Å². The molecule has 1 heterocycles. The molecule has 1 aromatic heterocycles. The molecule has 1 nitrogen and oxygen atoms in total. The van der Waals surface area contributed by atoms with Crippen LogP contribution in [-0.2, 0) is 6.42 Å². The van der Waals surface area contributed by atoms with Crippen LogP contribution in [0.2, 0.25) is 0 Å². The summed E-state index contributed by atoms with van der Waals surface area (Å²) in [5, 5.41) is 0.846. The number of carbonyl (C=O) groups is 1. The Labute approximate surface area is 118 Å². The second-order valence-electron chi connectivity index (χ2n) is 4.52. The SMILES string of the molecule is O=C(Cc1cccc(F)c1)c1cc2ccc(F)cc2s1. The molecule has 3 aromatic rings. The zero-order valence-corrected chi connectivity index (χ0v) is 11.2. The van der Waals surface area contributed by atoms with Crippen molar-refractivity contribution in [3.8, 4) is 0 Å². The number of Topliss-reactive ketones (excluding diaryl/α,β-unsaturated/α-hetero) is 1. The Bertz CT molecular complexity index is 792. The van der Waals surface area contributed by atoms with Crippen LogP contribution in [0.3, 0.4) is 0 Å². The molecule has 0 amide bonds. The molecule has 0 radical (unpaired) electrons. The molecule has 4 heteroatoms. The fraction of sp³-hybridized carbons (Fsp3) is 0.0625. The van der Waals surface area contributed by atoms with Gasteiger partial charge in [-0.15, -0.1) is 11.3 Å². The van der Waals surface area contributed by atoms with Crippen molar-refractivity contribution in [2.24, 2.45) is 0 Å². The molecule has 3 rings (SSSR count). The molecule has 0 saturated heterocycles. The van der Waals surface area contributed by atoms with Crippen molar-refractivity contribution in [3.05, 3.63) is 70.6 Å². The van der Waals surface area contributed by atoms with E-state index in [9.17, 15) is 13.6 Å². The van der Waals surface area contributed by atoms with Gasteiger partial charge in [0.15, 0.2) is 5.78 Å². The standard InChI is InChI=1S/C16H10F2OS/c17-12-3-1-2-10(6-12)7-14(19)16-8-11-4-5-13(18)9-15(11)20-16/h1-6,8-9H,7H2. The maximum Gasteiger partial charge on any atom is 0.177 e. The van der Waals surface area contributed by atoms with Crippen LogP contribution in [0.1, 0.15) is 15.2 Å². The van der Waals surface area contributed by atoms with Gasteiger partial charge in [-0.25, -0.2) is 8.78 Å². The van der Waals surface area contributed by atoms with Gasteiger partial charge < -0.3 is 0 Å². The van der Waals surface area contributed by atoms with Crippen molar-refractivity contribution >= 4 is 27.2 Å². The van der Waals surface area contributed by atoms with Gasteiger partial charge in [-0.2, -0.15) is 0 Å². The Morgan fingerprint density at radius 1 is 1.00 bits per heavy atom. The van der Waals surface area contributed by atoms with Crippen LogP contribution in [0.4, 0.5) is 8.78 Å². The molecule has 0 atom stereocenters. The number of thiophene rings is 1. The van der Waals surface area contributed by atoms with Crippen molar-refractivity contribution < 1.29 is 13.6 Å².